The third-order valence-corrected chi connectivity index (χ3v) is 3.75. The van der Waals surface area contributed by atoms with Crippen molar-refractivity contribution in [3.05, 3.63) is 29.3 Å². The number of rotatable bonds is 5. The number of ether oxygens (including phenoxy) is 1. The van der Waals surface area contributed by atoms with Crippen LogP contribution in [0.3, 0.4) is 0 Å². The van der Waals surface area contributed by atoms with Crippen LogP contribution in [-0.2, 0) is 4.79 Å². The summed E-state index contributed by atoms with van der Waals surface area (Å²) in [5, 5.41) is 3.67. The zero-order valence-corrected chi connectivity index (χ0v) is 12.7. The van der Waals surface area contributed by atoms with Crippen molar-refractivity contribution in [1.29, 1.82) is 0 Å². The van der Waals surface area contributed by atoms with Gasteiger partial charge >= 0.3 is 0 Å². The minimum atomic E-state index is -0.0736. The summed E-state index contributed by atoms with van der Waals surface area (Å²) in [6, 6.07) is 7.76. The number of likely N-dealkylation sites (tertiary alicyclic amines) is 1. The monoisotopic (exact) mass is 296 g/mol. The van der Waals surface area contributed by atoms with E-state index in [-0.39, 0.29) is 18.6 Å². The lowest BCUT2D eigenvalue weighted by Crippen LogP contribution is -2.40. The van der Waals surface area contributed by atoms with Gasteiger partial charge in [0, 0.05) is 30.2 Å². The summed E-state index contributed by atoms with van der Waals surface area (Å²) >= 11 is 5.79. The van der Waals surface area contributed by atoms with E-state index in [1.54, 1.807) is 24.3 Å². The van der Waals surface area contributed by atoms with Gasteiger partial charge in [-0.25, -0.2) is 0 Å². The molecule has 1 heterocycles. The highest BCUT2D eigenvalue weighted by molar-refractivity contribution is 6.30. The van der Waals surface area contributed by atoms with Crippen molar-refractivity contribution in [2.75, 3.05) is 19.7 Å². The third kappa shape index (κ3) is 4.39. The second-order valence-corrected chi connectivity index (χ2v) is 5.82. The van der Waals surface area contributed by atoms with Crippen LogP contribution in [0.2, 0.25) is 5.02 Å². The topological polar surface area (TPSA) is 41.6 Å². The summed E-state index contributed by atoms with van der Waals surface area (Å²) in [6.45, 7) is 6.35. The fourth-order valence-electron chi connectivity index (χ4n) is 2.32. The number of amides is 1. The van der Waals surface area contributed by atoms with Crippen LogP contribution in [0.1, 0.15) is 20.3 Å². The molecular weight excluding hydrogens is 276 g/mol. The van der Waals surface area contributed by atoms with E-state index in [4.69, 9.17) is 16.3 Å². The van der Waals surface area contributed by atoms with Crippen molar-refractivity contribution >= 4 is 17.5 Å². The van der Waals surface area contributed by atoms with Crippen molar-refractivity contribution in [3.63, 3.8) is 0 Å². The Labute approximate surface area is 125 Å². The Bertz CT molecular complexity index is 448. The fourth-order valence-corrected chi connectivity index (χ4v) is 2.45. The van der Waals surface area contributed by atoms with Gasteiger partial charge in [0.25, 0.3) is 5.91 Å². The van der Waals surface area contributed by atoms with Crippen LogP contribution in [0.4, 0.5) is 0 Å². The van der Waals surface area contributed by atoms with Crippen molar-refractivity contribution in [2.24, 2.45) is 0 Å². The maximum absolute atomic E-state index is 11.8. The first-order chi connectivity index (χ1) is 9.54. The molecule has 1 atom stereocenters. The molecule has 20 heavy (non-hydrogen) atoms. The van der Waals surface area contributed by atoms with E-state index in [9.17, 15) is 4.79 Å². The summed E-state index contributed by atoms with van der Waals surface area (Å²) in [5.41, 5.74) is 0. The Morgan fingerprint density at radius 2 is 2.15 bits per heavy atom. The van der Waals surface area contributed by atoms with Crippen LogP contribution in [0.5, 0.6) is 5.75 Å². The minimum absolute atomic E-state index is 0.0415. The molecule has 1 N–H and O–H groups in total. The number of hydrogen-bond donors (Lipinski definition) is 1. The Morgan fingerprint density at radius 3 is 2.75 bits per heavy atom. The van der Waals surface area contributed by atoms with Crippen LogP contribution in [-0.4, -0.2) is 42.6 Å². The highest BCUT2D eigenvalue weighted by Gasteiger charge is 2.25. The Kier molecular flexibility index (Phi) is 5.26. The van der Waals surface area contributed by atoms with E-state index in [1.165, 1.54) is 0 Å². The lowest BCUT2D eigenvalue weighted by molar-refractivity contribution is -0.123. The molecule has 0 spiro atoms. The number of carbonyl (C=O) groups excluding carboxylic acids is 1. The van der Waals surface area contributed by atoms with Gasteiger partial charge in [0.1, 0.15) is 5.75 Å². The van der Waals surface area contributed by atoms with Crippen molar-refractivity contribution in [1.82, 2.24) is 10.2 Å². The molecule has 0 unspecified atom stereocenters. The lowest BCUT2D eigenvalue weighted by Gasteiger charge is -2.20. The van der Waals surface area contributed by atoms with Crippen LogP contribution < -0.4 is 10.1 Å². The smallest absolute Gasteiger partial charge is 0.258 e. The average Bonchev–Trinajstić information content (AvgIpc) is 2.87. The average molecular weight is 297 g/mol. The molecule has 1 aromatic rings. The standard InChI is InChI=1S/C15H21ClN2O2/c1-11(2)18-8-7-13(9-18)17-15(19)10-20-14-5-3-12(16)4-6-14/h3-6,11,13H,7-10H2,1-2H3,(H,17,19)/t13-/m0/s1. The molecule has 0 radical (unpaired) electrons. The van der Waals surface area contributed by atoms with Crippen LogP contribution in [0, 0.1) is 0 Å². The Balaban J connectivity index is 1.72. The summed E-state index contributed by atoms with van der Waals surface area (Å²) in [5.74, 6) is 0.579. The van der Waals surface area contributed by atoms with Crippen molar-refractivity contribution in [2.45, 2.75) is 32.4 Å². The van der Waals surface area contributed by atoms with E-state index in [1.807, 2.05) is 0 Å². The van der Waals surface area contributed by atoms with E-state index in [2.05, 4.69) is 24.1 Å². The number of halogens is 1. The predicted octanol–water partition coefficient (Wildman–Crippen LogP) is 2.32. The molecule has 0 aromatic heterocycles. The third-order valence-electron chi connectivity index (χ3n) is 3.50. The maximum atomic E-state index is 11.8. The molecule has 1 aliphatic rings. The number of nitrogens with zero attached hydrogens (tertiary/aromatic N) is 1. The molecule has 4 nitrogen and oxygen atoms in total. The molecule has 1 amide bonds. The first-order valence-corrected chi connectivity index (χ1v) is 7.34. The van der Waals surface area contributed by atoms with Gasteiger partial charge in [-0.1, -0.05) is 11.6 Å². The van der Waals surface area contributed by atoms with E-state index < -0.39 is 0 Å². The van der Waals surface area contributed by atoms with Gasteiger partial charge in [0.15, 0.2) is 6.61 Å². The molecule has 1 fully saturated rings. The van der Waals surface area contributed by atoms with Crippen LogP contribution >= 0.6 is 11.6 Å². The zero-order valence-electron chi connectivity index (χ0n) is 11.9. The van der Waals surface area contributed by atoms with Gasteiger partial charge in [0.2, 0.25) is 0 Å². The SMILES string of the molecule is CC(C)N1CC[C@H](NC(=O)COc2ccc(Cl)cc2)C1. The van der Waals surface area contributed by atoms with Gasteiger partial charge < -0.3 is 10.1 Å². The number of carbonyl (C=O) groups is 1. The summed E-state index contributed by atoms with van der Waals surface area (Å²) in [7, 11) is 0. The largest absolute Gasteiger partial charge is 0.484 e. The highest BCUT2D eigenvalue weighted by Crippen LogP contribution is 2.15. The summed E-state index contributed by atoms with van der Waals surface area (Å²) in [6.07, 6.45) is 1.00. The number of nitrogens with one attached hydrogen (secondary N) is 1. The minimum Gasteiger partial charge on any atom is -0.484 e. The zero-order chi connectivity index (χ0) is 14.5. The molecule has 1 aliphatic heterocycles. The molecule has 1 saturated heterocycles. The van der Waals surface area contributed by atoms with E-state index in [0.717, 1.165) is 19.5 Å². The first kappa shape index (κ1) is 15.1. The van der Waals surface area contributed by atoms with Crippen LogP contribution in [0.15, 0.2) is 24.3 Å². The molecule has 5 heteroatoms. The van der Waals surface area contributed by atoms with Crippen molar-refractivity contribution in [3.8, 4) is 5.75 Å². The second kappa shape index (κ2) is 6.95. The lowest BCUT2D eigenvalue weighted by atomic mass is 10.2. The van der Waals surface area contributed by atoms with Gasteiger partial charge in [-0.2, -0.15) is 0 Å². The van der Waals surface area contributed by atoms with E-state index in [0.29, 0.717) is 16.8 Å². The number of hydrogen-bond acceptors (Lipinski definition) is 3. The Morgan fingerprint density at radius 1 is 1.45 bits per heavy atom. The number of benzene rings is 1. The predicted molar refractivity (Wildman–Crippen MR) is 80.2 cm³/mol. The molecule has 110 valence electrons. The van der Waals surface area contributed by atoms with Gasteiger partial charge in [-0.3, -0.25) is 9.69 Å². The highest BCUT2D eigenvalue weighted by atomic mass is 35.5. The Hall–Kier alpha value is -1.26. The molecule has 0 aliphatic carbocycles. The van der Waals surface area contributed by atoms with E-state index >= 15 is 0 Å². The molecule has 0 bridgehead atoms. The van der Waals surface area contributed by atoms with Gasteiger partial charge in [-0.05, 0) is 44.5 Å². The first-order valence-electron chi connectivity index (χ1n) is 6.96. The summed E-state index contributed by atoms with van der Waals surface area (Å²) < 4.78 is 5.42. The molecule has 1 aromatic carbocycles. The fraction of sp³-hybridized carbons (Fsp3) is 0.533. The molecule has 0 saturated carbocycles. The quantitative estimate of drug-likeness (QED) is 0.907. The summed E-state index contributed by atoms with van der Waals surface area (Å²) in [4.78, 5) is 14.2. The normalized spacial score (nSPS) is 19.3. The second-order valence-electron chi connectivity index (χ2n) is 5.38. The maximum Gasteiger partial charge on any atom is 0.258 e. The van der Waals surface area contributed by atoms with Gasteiger partial charge in [-0.15, -0.1) is 0 Å². The molecule has 2 rings (SSSR count). The van der Waals surface area contributed by atoms with Crippen LogP contribution in [0.25, 0.3) is 0 Å². The molecular formula is C15H21ClN2O2. The van der Waals surface area contributed by atoms with Crippen molar-refractivity contribution < 1.29 is 9.53 Å². The van der Waals surface area contributed by atoms with Gasteiger partial charge in [0.05, 0.1) is 0 Å².